The average Bonchev–Trinajstić information content (AvgIpc) is 2.63. The number of anilines is 1. The van der Waals surface area contributed by atoms with Crippen LogP contribution in [0, 0.1) is 5.92 Å². The van der Waals surface area contributed by atoms with E-state index in [1.165, 1.54) is 0 Å². The van der Waals surface area contributed by atoms with E-state index in [2.05, 4.69) is 24.5 Å². The zero-order chi connectivity index (χ0) is 17.4. The molecule has 0 fully saturated rings. The van der Waals surface area contributed by atoms with Gasteiger partial charge in [-0.15, -0.1) is 0 Å². The van der Waals surface area contributed by atoms with Gasteiger partial charge in [-0.3, -0.25) is 9.59 Å². The van der Waals surface area contributed by atoms with Gasteiger partial charge in [-0.25, -0.2) is 0 Å². The number of benzene rings is 2. The van der Waals surface area contributed by atoms with Crippen molar-refractivity contribution >= 4 is 17.5 Å². The average molecular weight is 324 g/mol. The van der Waals surface area contributed by atoms with E-state index in [1.807, 2.05) is 48.5 Å². The summed E-state index contributed by atoms with van der Waals surface area (Å²) in [4.78, 5) is 24.5. The number of hydrogen-bond acceptors (Lipinski definition) is 2. The zero-order valence-corrected chi connectivity index (χ0v) is 14.2. The van der Waals surface area contributed by atoms with Gasteiger partial charge in [0.15, 0.2) is 0 Å². The van der Waals surface area contributed by atoms with Crippen molar-refractivity contribution in [3.63, 3.8) is 0 Å². The maximum absolute atomic E-state index is 12.3. The van der Waals surface area contributed by atoms with Gasteiger partial charge < -0.3 is 10.6 Å². The second kappa shape index (κ2) is 8.87. The topological polar surface area (TPSA) is 58.2 Å². The number of amides is 2. The van der Waals surface area contributed by atoms with Crippen LogP contribution in [0.25, 0.3) is 0 Å². The molecule has 4 heteroatoms. The molecule has 24 heavy (non-hydrogen) atoms. The Morgan fingerprint density at radius 1 is 0.833 bits per heavy atom. The fraction of sp³-hybridized carbons (Fsp3) is 0.300. The van der Waals surface area contributed by atoms with E-state index in [1.54, 1.807) is 12.1 Å². The van der Waals surface area contributed by atoms with E-state index >= 15 is 0 Å². The molecule has 2 N–H and O–H groups in total. The summed E-state index contributed by atoms with van der Waals surface area (Å²) in [5.74, 6) is -0.978. The normalized spacial score (nSPS) is 11.8. The van der Waals surface area contributed by atoms with Gasteiger partial charge in [0.25, 0.3) is 0 Å². The molecule has 2 aromatic rings. The molecule has 0 radical (unpaired) electrons. The predicted octanol–water partition coefficient (Wildman–Crippen LogP) is 3.92. The van der Waals surface area contributed by atoms with E-state index in [0.29, 0.717) is 5.69 Å². The van der Waals surface area contributed by atoms with Gasteiger partial charge in [-0.05, 0) is 23.6 Å². The molecule has 4 nitrogen and oxygen atoms in total. The SMILES string of the molecule is CCC(CC)[C@H](NC(=O)C(=O)Nc1ccccc1)c1ccccc1. The van der Waals surface area contributed by atoms with E-state index in [4.69, 9.17) is 0 Å². The molecule has 2 amide bonds. The minimum absolute atomic E-state index is 0.171. The van der Waals surface area contributed by atoms with Crippen LogP contribution in [0.15, 0.2) is 60.7 Å². The van der Waals surface area contributed by atoms with Crippen LogP contribution in [0.1, 0.15) is 38.3 Å². The van der Waals surface area contributed by atoms with Crippen molar-refractivity contribution in [2.75, 3.05) is 5.32 Å². The lowest BCUT2D eigenvalue weighted by molar-refractivity contribution is -0.136. The van der Waals surface area contributed by atoms with Crippen LogP contribution in [0.5, 0.6) is 0 Å². The number of para-hydroxylation sites is 1. The second-order valence-electron chi connectivity index (χ2n) is 5.76. The number of nitrogens with one attached hydrogen (secondary N) is 2. The van der Waals surface area contributed by atoms with Crippen LogP contribution in [0.2, 0.25) is 0 Å². The summed E-state index contributed by atoms with van der Waals surface area (Å²) in [5, 5.41) is 5.53. The van der Waals surface area contributed by atoms with Crippen molar-refractivity contribution in [1.29, 1.82) is 0 Å². The highest BCUT2D eigenvalue weighted by Crippen LogP contribution is 2.27. The Bertz CT molecular complexity index is 652. The van der Waals surface area contributed by atoms with Crippen molar-refractivity contribution in [3.8, 4) is 0 Å². The number of carbonyl (C=O) groups excluding carboxylic acids is 2. The van der Waals surface area contributed by atoms with Crippen molar-refractivity contribution < 1.29 is 9.59 Å². The first-order chi connectivity index (χ1) is 11.7. The van der Waals surface area contributed by atoms with Crippen molar-refractivity contribution in [2.45, 2.75) is 32.7 Å². The van der Waals surface area contributed by atoms with E-state index in [-0.39, 0.29) is 12.0 Å². The lowest BCUT2D eigenvalue weighted by atomic mass is 9.89. The van der Waals surface area contributed by atoms with Crippen LogP contribution in [-0.4, -0.2) is 11.8 Å². The fourth-order valence-corrected chi connectivity index (χ4v) is 2.81. The highest BCUT2D eigenvalue weighted by atomic mass is 16.2. The van der Waals surface area contributed by atoms with E-state index < -0.39 is 11.8 Å². The Morgan fingerprint density at radius 2 is 1.38 bits per heavy atom. The van der Waals surface area contributed by atoms with Gasteiger partial charge >= 0.3 is 11.8 Å². The first-order valence-electron chi connectivity index (χ1n) is 8.37. The van der Waals surface area contributed by atoms with Crippen LogP contribution >= 0.6 is 0 Å². The molecule has 0 spiro atoms. The highest BCUT2D eigenvalue weighted by molar-refractivity contribution is 6.39. The van der Waals surface area contributed by atoms with E-state index in [9.17, 15) is 9.59 Å². The first-order valence-corrected chi connectivity index (χ1v) is 8.37. The smallest absolute Gasteiger partial charge is 0.313 e. The Balaban J connectivity index is 2.10. The third-order valence-corrected chi connectivity index (χ3v) is 4.20. The molecule has 0 aliphatic heterocycles. The molecule has 0 aromatic heterocycles. The molecule has 1 atom stereocenters. The van der Waals surface area contributed by atoms with Crippen LogP contribution in [0.3, 0.4) is 0 Å². The molecule has 2 aromatic carbocycles. The summed E-state index contributed by atoms with van der Waals surface area (Å²) in [5.41, 5.74) is 1.63. The standard InChI is InChI=1S/C20H24N2O2/c1-3-15(4-2)18(16-11-7-5-8-12-16)22-20(24)19(23)21-17-13-9-6-10-14-17/h5-15,18H,3-4H2,1-2H3,(H,21,23)(H,22,24)/t18-/m0/s1. The zero-order valence-electron chi connectivity index (χ0n) is 14.2. The van der Waals surface area contributed by atoms with Gasteiger partial charge in [-0.2, -0.15) is 0 Å². The Kier molecular flexibility index (Phi) is 6.55. The van der Waals surface area contributed by atoms with Gasteiger partial charge in [0, 0.05) is 5.69 Å². The largest absolute Gasteiger partial charge is 0.341 e. The predicted molar refractivity (Wildman–Crippen MR) is 96.5 cm³/mol. The van der Waals surface area contributed by atoms with Gasteiger partial charge in [-0.1, -0.05) is 75.2 Å². The van der Waals surface area contributed by atoms with Crippen LogP contribution < -0.4 is 10.6 Å². The number of carbonyl (C=O) groups is 2. The number of hydrogen-bond donors (Lipinski definition) is 2. The lowest BCUT2D eigenvalue weighted by Gasteiger charge is -2.26. The molecule has 0 saturated heterocycles. The summed E-state index contributed by atoms with van der Waals surface area (Å²) < 4.78 is 0. The Labute approximate surface area is 143 Å². The molecule has 0 aliphatic carbocycles. The quantitative estimate of drug-likeness (QED) is 0.791. The summed E-state index contributed by atoms with van der Waals surface area (Å²) >= 11 is 0. The lowest BCUT2D eigenvalue weighted by Crippen LogP contribution is -2.40. The summed E-state index contributed by atoms with van der Waals surface area (Å²) in [6.07, 6.45) is 1.85. The first kappa shape index (κ1) is 17.7. The highest BCUT2D eigenvalue weighted by Gasteiger charge is 2.25. The van der Waals surface area contributed by atoms with E-state index in [0.717, 1.165) is 18.4 Å². The maximum atomic E-state index is 12.3. The summed E-state index contributed by atoms with van der Waals surface area (Å²) in [7, 11) is 0. The molecule has 0 bridgehead atoms. The van der Waals surface area contributed by atoms with Crippen LogP contribution in [-0.2, 0) is 9.59 Å². The van der Waals surface area contributed by atoms with Gasteiger partial charge in [0.05, 0.1) is 6.04 Å². The van der Waals surface area contributed by atoms with Gasteiger partial charge in [0.1, 0.15) is 0 Å². The molecule has 0 saturated carbocycles. The third-order valence-electron chi connectivity index (χ3n) is 4.20. The Morgan fingerprint density at radius 3 is 1.92 bits per heavy atom. The second-order valence-corrected chi connectivity index (χ2v) is 5.76. The van der Waals surface area contributed by atoms with Crippen LogP contribution in [0.4, 0.5) is 5.69 Å². The molecule has 0 heterocycles. The molecule has 0 unspecified atom stereocenters. The minimum atomic E-state index is -0.645. The fourth-order valence-electron chi connectivity index (χ4n) is 2.81. The molecule has 126 valence electrons. The molecule has 2 rings (SSSR count). The van der Waals surface area contributed by atoms with Gasteiger partial charge in [0.2, 0.25) is 0 Å². The summed E-state index contributed by atoms with van der Waals surface area (Å²) in [6, 6.07) is 18.6. The monoisotopic (exact) mass is 324 g/mol. The number of rotatable bonds is 6. The minimum Gasteiger partial charge on any atom is -0.341 e. The maximum Gasteiger partial charge on any atom is 0.313 e. The summed E-state index contributed by atoms with van der Waals surface area (Å²) in [6.45, 7) is 4.20. The molecule has 0 aliphatic rings. The van der Waals surface area contributed by atoms with Crippen molar-refractivity contribution in [1.82, 2.24) is 5.32 Å². The third kappa shape index (κ3) is 4.69. The Hall–Kier alpha value is -2.62. The molecular weight excluding hydrogens is 300 g/mol. The molecular formula is C20H24N2O2. The van der Waals surface area contributed by atoms with Crippen molar-refractivity contribution in [3.05, 3.63) is 66.2 Å². The van der Waals surface area contributed by atoms with Crippen molar-refractivity contribution in [2.24, 2.45) is 5.92 Å².